The Morgan fingerprint density at radius 3 is 2.71 bits per heavy atom. The topological polar surface area (TPSA) is 57.8 Å². The summed E-state index contributed by atoms with van der Waals surface area (Å²) in [6, 6.07) is 0. The third kappa shape index (κ3) is 2.81. The van der Waals surface area contributed by atoms with Crippen molar-refractivity contribution in [2.24, 2.45) is 5.92 Å². The molecule has 1 aromatic heterocycles. The highest BCUT2D eigenvalue weighted by Gasteiger charge is 2.19. The molecule has 1 amide bonds. The Morgan fingerprint density at radius 2 is 2.29 bits per heavy atom. The van der Waals surface area contributed by atoms with Crippen molar-refractivity contribution in [3.8, 4) is 0 Å². The minimum atomic E-state index is -0.197. The van der Waals surface area contributed by atoms with Gasteiger partial charge in [-0.25, -0.2) is 0 Å². The molecule has 0 saturated carbocycles. The number of hydrogen-bond donors (Lipinski definition) is 2. The molecule has 1 aromatic rings. The molecule has 2 N–H and O–H groups in total. The van der Waals surface area contributed by atoms with E-state index >= 15 is 0 Å². The molecule has 6 heteroatoms. The Labute approximate surface area is 99.1 Å². The summed E-state index contributed by atoms with van der Waals surface area (Å²) in [5.74, 6) is 0.752. The van der Waals surface area contributed by atoms with Crippen LogP contribution >= 0.6 is 31.9 Å². The number of H-pyrrole nitrogens is 1. The number of nitrogens with zero attached hydrogens (tertiary/aromatic N) is 1. The summed E-state index contributed by atoms with van der Waals surface area (Å²) >= 11 is 6.57. The number of rotatable bonds is 3. The van der Waals surface area contributed by atoms with Gasteiger partial charge in [-0.2, -0.15) is 5.10 Å². The van der Waals surface area contributed by atoms with Crippen LogP contribution in [0.25, 0.3) is 0 Å². The van der Waals surface area contributed by atoms with Gasteiger partial charge in [0.05, 0.1) is 15.5 Å². The summed E-state index contributed by atoms with van der Waals surface area (Å²) in [7, 11) is 0. The standard InChI is InChI=1S/C8H11Br2N3O/c1-4(2)6(10)8(14)12-7-5(9)3-11-13-7/h3-4,6H,1-2H3,(H2,11,12,13,14). The van der Waals surface area contributed by atoms with Gasteiger partial charge in [-0.3, -0.25) is 9.89 Å². The molecule has 14 heavy (non-hydrogen) atoms. The van der Waals surface area contributed by atoms with Gasteiger partial charge >= 0.3 is 0 Å². The van der Waals surface area contributed by atoms with E-state index < -0.39 is 0 Å². The lowest BCUT2D eigenvalue weighted by atomic mass is 10.1. The van der Waals surface area contributed by atoms with E-state index in [-0.39, 0.29) is 16.7 Å². The van der Waals surface area contributed by atoms with E-state index in [4.69, 9.17) is 0 Å². The van der Waals surface area contributed by atoms with Crippen molar-refractivity contribution in [2.75, 3.05) is 5.32 Å². The van der Waals surface area contributed by atoms with Gasteiger partial charge in [-0.15, -0.1) is 0 Å². The maximum absolute atomic E-state index is 11.6. The molecule has 1 atom stereocenters. The predicted molar refractivity (Wildman–Crippen MR) is 62.5 cm³/mol. The molecular formula is C8H11Br2N3O. The smallest absolute Gasteiger partial charge is 0.239 e. The van der Waals surface area contributed by atoms with Gasteiger partial charge in [-0.05, 0) is 21.8 Å². The number of carbonyl (C=O) groups is 1. The van der Waals surface area contributed by atoms with Gasteiger partial charge in [-0.1, -0.05) is 29.8 Å². The van der Waals surface area contributed by atoms with Crippen molar-refractivity contribution in [1.82, 2.24) is 10.2 Å². The van der Waals surface area contributed by atoms with Gasteiger partial charge in [0.2, 0.25) is 5.91 Å². The Balaban J connectivity index is 2.62. The van der Waals surface area contributed by atoms with Crippen molar-refractivity contribution in [2.45, 2.75) is 18.7 Å². The monoisotopic (exact) mass is 323 g/mol. The molecule has 1 rings (SSSR count). The zero-order valence-corrected chi connectivity index (χ0v) is 11.0. The number of halogens is 2. The molecule has 0 radical (unpaired) electrons. The van der Waals surface area contributed by atoms with Crippen LogP contribution in [-0.2, 0) is 4.79 Å². The lowest BCUT2D eigenvalue weighted by Crippen LogP contribution is -2.27. The highest BCUT2D eigenvalue weighted by Crippen LogP contribution is 2.20. The molecule has 0 saturated heterocycles. The Kier molecular flexibility index (Phi) is 4.12. The molecule has 0 aliphatic heterocycles. The Bertz CT molecular complexity index is 324. The second-order valence-electron chi connectivity index (χ2n) is 3.23. The fourth-order valence-electron chi connectivity index (χ4n) is 0.854. The van der Waals surface area contributed by atoms with E-state index in [0.29, 0.717) is 5.82 Å². The van der Waals surface area contributed by atoms with Gasteiger partial charge < -0.3 is 5.32 Å². The predicted octanol–water partition coefficient (Wildman–Crippen LogP) is 2.53. The van der Waals surface area contributed by atoms with Crippen LogP contribution in [0.2, 0.25) is 0 Å². The fraction of sp³-hybridized carbons (Fsp3) is 0.500. The molecule has 4 nitrogen and oxygen atoms in total. The molecule has 78 valence electrons. The van der Waals surface area contributed by atoms with Crippen LogP contribution in [0.5, 0.6) is 0 Å². The van der Waals surface area contributed by atoms with Crippen LogP contribution in [0.4, 0.5) is 5.82 Å². The van der Waals surface area contributed by atoms with Crippen molar-refractivity contribution in [3.05, 3.63) is 10.7 Å². The van der Waals surface area contributed by atoms with Gasteiger partial charge in [0, 0.05) is 0 Å². The summed E-state index contributed by atoms with van der Waals surface area (Å²) < 4.78 is 0.745. The maximum Gasteiger partial charge on any atom is 0.239 e. The molecule has 0 fully saturated rings. The molecule has 0 aliphatic carbocycles. The van der Waals surface area contributed by atoms with Gasteiger partial charge in [0.15, 0.2) is 0 Å². The van der Waals surface area contributed by atoms with Crippen LogP contribution in [0, 0.1) is 5.92 Å². The zero-order valence-electron chi connectivity index (χ0n) is 7.84. The minimum Gasteiger partial charge on any atom is -0.309 e. The number of anilines is 1. The van der Waals surface area contributed by atoms with E-state index in [2.05, 4.69) is 47.4 Å². The van der Waals surface area contributed by atoms with Crippen molar-refractivity contribution in [1.29, 1.82) is 0 Å². The lowest BCUT2D eigenvalue weighted by Gasteiger charge is -2.12. The number of aromatic amines is 1. The number of aromatic nitrogens is 2. The average Bonchev–Trinajstić information content (AvgIpc) is 2.50. The van der Waals surface area contributed by atoms with E-state index in [1.807, 2.05) is 13.8 Å². The summed E-state index contributed by atoms with van der Waals surface area (Å²) in [4.78, 5) is 11.4. The van der Waals surface area contributed by atoms with Crippen LogP contribution in [0.1, 0.15) is 13.8 Å². The largest absolute Gasteiger partial charge is 0.309 e. The van der Waals surface area contributed by atoms with E-state index in [9.17, 15) is 4.79 Å². The first kappa shape index (κ1) is 11.7. The van der Waals surface area contributed by atoms with Crippen LogP contribution in [-0.4, -0.2) is 20.9 Å². The third-order valence-electron chi connectivity index (χ3n) is 1.68. The third-order valence-corrected chi connectivity index (χ3v) is 3.75. The van der Waals surface area contributed by atoms with Crippen LogP contribution in [0.15, 0.2) is 10.7 Å². The van der Waals surface area contributed by atoms with Gasteiger partial charge in [0.25, 0.3) is 0 Å². The summed E-state index contributed by atoms with van der Waals surface area (Å²) in [5.41, 5.74) is 0. The highest BCUT2D eigenvalue weighted by atomic mass is 79.9. The van der Waals surface area contributed by atoms with Crippen molar-refractivity contribution >= 4 is 43.6 Å². The van der Waals surface area contributed by atoms with E-state index in [1.165, 1.54) is 0 Å². The number of amides is 1. The summed E-state index contributed by atoms with van der Waals surface area (Å²) in [5, 5.41) is 9.18. The first-order valence-corrected chi connectivity index (χ1v) is 5.87. The average molecular weight is 325 g/mol. The van der Waals surface area contributed by atoms with E-state index in [1.54, 1.807) is 6.20 Å². The molecule has 1 unspecified atom stereocenters. The zero-order chi connectivity index (χ0) is 10.7. The molecular weight excluding hydrogens is 314 g/mol. The molecule has 0 aliphatic rings. The highest BCUT2D eigenvalue weighted by molar-refractivity contribution is 9.10. The molecule has 0 spiro atoms. The normalized spacial score (nSPS) is 12.9. The van der Waals surface area contributed by atoms with Crippen molar-refractivity contribution < 1.29 is 4.79 Å². The molecule has 1 heterocycles. The Hall–Kier alpha value is -0.360. The first-order chi connectivity index (χ1) is 6.52. The van der Waals surface area contributed by atoms with Gasteiger partial charge in [0.1, 0.15) is 5.82 Å². The quantitative estimate of drug-likeness (QED) is 0.839. The van der Waals surface area contributed by atoms with Crippen molar-refractivity contribution in [3.63, 3.8) is 0 Å². The van der Waals surface area contributed by atoms with Crippen LogP contribution in [0.3, 0.4) is 0 Å². The number of alkyl halides is 1. The number of carbonyl (C=O) groups excluding carboxylic acids is 1. The minimum absolute atomic E-state index is 0.0787. The van der Waals surface area contributed by atoms with E-state index in [0.717, 1.165) is 4.47 Å². The Morgan fingerprint density at radius 1 is 1.64 bits per heavy atom. The SMILES string of the molecule is CC(C)C(Br)C(=O)Nc1[nH]ncc1Br. The first-order valence-electron chi connectivity index (χ1n) is 4.16. The lowest BCUT2D eigenvalue weighted by molar-refractivity contribution is -0.116. The maximum atomic E-state index is 11.6. The number of nitrogens with one attached hydrogen (secondary N) is 2. The summed E-state index contributed by atoms with van der Waals surface area (Å²) in [6.45, 7) is 3.95. The molecule has 0 bridgehead atoms. The molecule has 0 aromatic carbocycles. The second kappa shape index (κ2) is 4.93. The number of hydrogen-bond acceptors (Lipinski definition) is 2. The van der Waals surface area contributed by atoms with Crippen LogP contribution < -0.4 is 5.32 Å². The fourth-order valence-corrected chi connectivity index (χ4v) is 1.26. The second-order valence-corrected chi connectivity index (χ2v) is 5.07. The summed E-state index contributed by atoms with van der Waals surface area (Å²) in [6.07, 6.45) is 1.59.